The molecule has 2 rings (SSSR count). The molecule has 2 aliphatic rings. The summed E-state index contributed by atoms with van der Waals surface area (Å²) in [7, 11) is 0. The van der Waals surface area contributed by atoms with Crippen LogP contribution in [0.4, 0.5) is 0 Å². The molecule has 68 valence electrons. The van der Waals surface area contributed by atoms with Crippen molar-refractivity contribution in [1.82, 2.24) is 10.6 Å². The number of rotatable bonds is 0. The Morgan fingerprint density at radius 3 is 2.58 bits per heavy atom. The monoisotopic (exact) mass is 168 g/mol. The molecule has 0 aromatic carbocycles. The van der Waals surface area contributed by atoms with Crippen LogP contribution in [0.15, 0.2) is 0 Å². The van der Waals surface area contributed by atoms with E-state index in [4.69, 9.17) is 0 Å². The van der Waals surface area contributed by atoms with Crippen LogP contribution in [-0.2, 0) is 4.79 Å². The molecule has 0 atom stereocenters. The van der Waals surface area contributed by atoms with Gasteiger partial charge in [-0.05, 0) is 38.8 Å². The molecule has 0 saturated carbocycles. The summed E-state index contributed by atoms with van der Waals surface area (Å²) in [6.07, 6.45) is 5.21. The number of carbonyl (C=O) groups excluding carboxylic acids is 1. The predicted octanol–water partition coefficient (Wildman–Crippen LogP) is 0.409. The molecule has 0 aromatic heterocycles. The molecule has 3 heteroatoms. The standard InChI is InChI=1S/C9H16N2O/c12-8-2-1-3-9(11-8)4-6-10-7-5-9/h10H,1-7H2,(H,11,12). The SMILES string of the molecule is O=C1CCCC2(CCNCC2)N1. The fraction of sp³-hybridized carbons (Fsp3) is 0.889. The van der Waals surface area contributed by atoms with Crippen molar-refractivity contribution >= 4 is 5.91 Å². The Labute approximate surface area is 72.9 Å². The van der Waals surface area contributed by atoms with Gasteiger partial charge in [-0.15, -0.1) is 0 Å². The first-order chi connectivity index (χ1) is 5.81. The van der Waals surface area contributed by atoms with Gasteiger partial charge >= 0.3 is 0 Å². The maximum Gasteiger partial charge on any atom is 0.220 e. The van der Waals surface area contributed by atoms with Crippen LogP contribution in [-0.4, -0.2) is 24.5 Å². The van der Waals surface area contributed by atoms with Crippen molar-refractivity contribution in [2.75, 3.05) is 13.1 Å². The highest BCUT2D eigenvalue weighted by molar-refractivity contribution is 5.77. The summed E-state index contributed by atoms with van der Waals surface area (Å²) in [5.74, 6) is 0.253. The lowest BCUT2D eigenvalue weighted by atomic mass is 9.81. The van der Waals surface area contributed by atoms with Crippen LogP contribution < -0.4 is 10.6 Å². The highest BCUT2D eigenvalue weighted by atomic mass is 16.1. The second-order valence-electron chi connectivity index (χ2n) is 3.93. The van der Waals surface area contributed by atoms with Gasteiger partial charge < -0.3 is 10.6 Å². The Hall–Kier alpha value is -0.570. The van der Waals surface area contributed by atoms with Crippen molar-refractivity contribution in [2.45, 2.75) is 37.6 Å². The van der Waals surface area contributed by atoms with Gasteiger partial charge in [0.25, 0.3) is 0 Å². The van der Waals surface area contributed by atoms with Crippen molar-refractivity contribution in [3.8, 4) is 0 Å². The largest absolute Gasteiger partial charge is 0.351 e. The Bertz CT molecular complexity index is 179. The fourth-order valence-corrected chi connectivity index (χ4v) is 2.29. The van der Waals surface area contributed by atoms with E-state index in [1.165, 1.54) is 6.42 Å². The maximum absolute atomic E-state index is 11.2. The summed E-state index contributed by atoms with van der Waals surface area (Å²) in [5, 5.41) is 6.47. The molecule has 2 aliphatic heterocycles. The molecule has 3 nitrogen and oxygen atoms in total. The lowest BCUT2D eigenvalue weighted by molar-refractivity contribution is -0.125. The van der Waals surface area contributed by atoms with Crippen molar-refractivity contribution in [2.24, 2.45) is 0 Å². The molecule has 0 unspecified atom stereocenters. The van der Waals surface area contributed by atoms with E-state index in [-0.39, 0.29) is 11.4 Å². The van der Waals surface area contributed by atoms with E-state index >= 15 is 0 Å². The predicted molar refractivity (Wildman–Crippen MR) is 46.8 cm³/mol. The number of piperidine rings is 2. The zero-order chi connectivity index (χ0) is 8.44. The van der Waals surface area contributed by atoms with Gasteiger partial charge in [0, 0.05) is 12.0 Å². The van der Waals surface area contributed by atoms with E-state index in [9.17, 15) is 4.79 Å². The van der Waals surface area contributed by atoms with Crippen molar-refractivity contribution in [3.05, 3.63) is 0 Å². The zero-order valence-electron chi connectivity index (χ0n) is 7.36. The normalized spacial score (nSPS) is 28.5. The highest BCUT2D eigenvalue weighted by Gasteiger charge is 2.35. The lowest BCUT2D eigenvalue weighted by Gasteiger charge is -2.41. The average Bonchev–Trinajstić information content (AvgIpc) is 2.05. The van der Waals surface area contributed by atoms with Crippen LogP contribution in [0.5, 0.6) is 0 Å². The number of hydrogen-bond donors (Lipinski definition) is 2. The molecule has 1 amide bonds. The number of carbonyl (C=O) groups is 1. The fourth-order valence-electron chi connectivity index (χ4n) is 2.29. The first kappa shape index (κ1) is 8.05. The zero-order valence-corrected chi connectivity index (χ0v) is 7.36. The van der Waals surface area contributed by atoms with Gasteiger partial charge in [-0.1, -0.05) is 0 Å². The van der Waals surface area contributed by atoms with Gasteiger partial charge in [-0.3, -0.25) is 4.79 Å². The third kappa shape index (κ3) is 1.46. The van der Waals surface area contributed by atoms with Gasteiger partial charge in [0.1, 0.15) is 0 Å². The molecular weight excluding hydrogens is 152 g/mol. The van der Waals surface area contributed by atoms with Crippen molar-refractivity contribution < 1.29 is 4.79 Å². The molecule has 0 radical (unpaired) electrons. The van der Waals surface area contributed by atoms with Crippen LogP contribution >= 0.6 is 0 Å². The first-order valence-corrected chi connectivity index (χ1v) is 4.83. The van der Waals surface area contributed by atoms with Gasteiger partial charge in [0.15, 0.2) is 0 Å². The van der Waals surface area contributed by atoms with E-state index in [0.717, 1.165) is 38.8 Å². The Kier molecular flexibility index (Phi) is 2.05. The van der Waals surface area contributed by atoms with E-state index in [1.54, 1.807) is 0 Å². The second kappa shape index (κ2) is 3.05. The third-order valence-corrected chi connectivity index (χ3v) is 3.02. The molecule has 12 heavy (non-hydrogen) atoms. The van der Waals surface area contributed by atoms with Crippen LogP contribution in [0.2, 0.25) is 0 Å². The molecule has 2 N–H and O–H groups in total. The quantitative estimate of drug-likeness (QED) is 0.550. The van der Waals surface area contributed by atoms with E-state index in [2.05, 4.69) is 10.6 Å². The van der Waals surface area contributed by atoms with Crippen LogP contribution in [0.25, 0.3) is 0 Å². The molecule has 0 bridgehead atoms. The van der Waals surface area contributed by atoms with Crippen LogP contribution in [0.1, 0.15) is 32.1 Å². The third-order valence-electron chi connectivity index (χ3n) is 3.02. The minimum atomic E-state index is 0.167. The Morgan fingerprint density at radius 2 is 1.92 bits per heavy atom. The summed E-state index contributed by atoms with van der Waals surface area (Å²) in [5.41, 5.74) is 0.167. The summed E-state index contributed by atoms with van der Waals surface area (Å²) >= 11 is 0. The van der Waals surface area contributed by atoms with E-state index in [0.29, 0.717) is 0 Å². The number of amides is 1. The Balaban J connectivity index is 2.02. The molecule has 0 aliphatic carbocycles. The van der Waals surface area contributed by atoms with Gasteiger partial charge in [-0.25, -0.2) is 0 Å². The molecular formula is C9H16N2O. The topological polar surface area (TPSA) is 41.1 Å². The minimum absolute atomic E-state index is 0.167. The molecule has 2 saturated heterocycles. The molecule has 0 aromatic rings. The van der Waals surface area contributed by atoms with Crippen LogP contribution in [0.3, 0.4) is 0 Å². The van der Waals surface area contributed by atoms with Crippen LogP contribution in [0, 0.1) is 0 Å². The Morgan fingerprint density at radius 1 is 1.17 bits per heavy atom. The van der Waals surface area contributed by atoms with E-state index < -0.39 is 0 Å². The average molecular weight is 168 g/mol. The van der Waals surface area contributed by atoms with Crippen molar-refractivity contribution in [1.29, 1.82) is 0 Å². The summed E-state index contributed by atoms with van der Waals surface area (Å²) in [6.45, 7) is 2.11. The van der Waals surface area contributed by atoms with Crippen molar-refractivity contribution in [3.63, 3.8) is 0 Å². The number of nitrogens with one attached hydrogen (secondary N) is 2. The maximum atomic E-state index is 11.2. The summed E-state index contributed by atoms with van der Waals surface area (Å²) in [6, 6.07) is 0. The highest BCUT2D eigenvalue weighted by Crippen LogP contribution is 2.27. The van der Waals surface area contributed by atoms with Gasteiger partial charge in [-0.2, -0.15) is 0 Å². The van der Waals surface area contributed by atoms with Gasteiger partial charge in [0.2, 0.25) is 5.91 Å². The molecule has 2 fully saturated rings. The minimum Gasteiger partial charge on any atom is -0.351 e. The second-order valence-corrected chi connectivity index (χ2v) is 3.93. The lowest BCUT2D eigenvalue weighted by Crippen LogP contribution is -2.56. The first-order valence-electron chi connectivity index (χ1n) is 4.83. The molecule has 1 spiro atoms. The molecule has 2 heterocycles. The number of hydrogen-bond acceptors (Lipinski definition) is 2. The van der Waals surface area contributed by atoms with E-state index in [1.807, 2.05) is 0 Å². The summed E-state index contributed by atoms with van der Waals surface area (Å²) < 4.78 is 0. The smallest absolute Gasteiger partial charge is 0.220 e. The van der Waals surface area contributed by atoms with Gasteiger partial charge in [0.05, 0.1) is 0 Å². The summed E-state index contributed by atoms with van der Waals surface area (Å²) in [4.78, 5) is 11.2.